The number of carbonyl (C=O) groups is 1. The third kappa shape index (κ3) is 6.88. The minimum Gasteiger partial charge on any atom is -0.493 e. The number of carbonyl (C=O) groups excluding carboxylic acids is 2. The van der Waals surface area contributed by atoms with Gasteiger partial charge in [-0.1, -0.05) is 35.4 Å². The van der Waals surface area contributed by atoms with Gasteiger partial charge in [-0.25, -0.2) is 23.9 Å². The molecule has 0 spiro atoms. The van der Waals surface area contributed by atoms with E-state index in [-0.39, 0.29) is 17.0 Å². The van der Waals surface area contributed by atoms with Gasteiger partial charge in [0.1, 0.15) is 11.1 Å². The smallest absolute Gasteiger partial charge is 0.413 e. The largest absolute Gasteiger partial charge is 0.493 e. The summed E-state index contributed by atoms with van der Waals surface area (Å²) in [7, 11) is 1.38. The van der Waals surface area contributed by atoms with Crippen molar-refractivity contribution in [3.05, 3.63) is 78.4 Å². The fourth-order valence-corrected chi connectivity index (χ4v) is 6.73. The second-order valence-electron chi connectivity index (χ2n) is 12.0. The van der Waals surface area contributed by atoms with Gasteiger partial charge in [0.15, 0.2) is 0 Å². The van der Waals surface area contributed by atoms with Crippen molar-refractivity contribution in [3.63, 3.8) is 0 Å². The molecule has 4 heterocycles. The molecule has 12 heteroatoms. The van der Waals surface area contributed by atoms with Crippen molar-refractivity contribution in [2.45, 2.75) is 87.5 Å². The second-order valence-corrected chi connectivity index (χ2v) is 12.0. The molecule has 250 valence electrons. The van der Waals surface area contributed by atoms with E-state index in [2.05, 4.69) is 22.4 Å². The third-order valence-corrected chi connectivity index (χ3v) is 8.33. The van der Waals surface area contributed by atoms with E-state index in [1.807, 2.05) is 60.6 Å². The molecule has 0 fully saturated rings. The SMILES string of the molecule is CCNC(=O)Oc1c(-c2c(C)cc(C)cc2C)c(=O)n2n1CCC2.CN=C=O.Cc1cc(C)c(-c2c(O)n3n(c2=O)CCC3)c(C)c1. The first-order valence-corrected chi connectivity index (χ1v) is 15.8. The zero-order valence-corrected chi connectivity index (χ0v) is 28.5. The van der Waals surface area contributed by atoms with Gasteiger partial charge in [-0.3, -0.25) is 19.0 Å². The number of aryl methyl sites for hydroxylation is 6. The first-order valence-electron chi connectivity index (χ1n) is 15.8. The lowest BCUT2D eigenvalue weighted by Gasteiger charge is -2.13. The molecule has 2 aliphatic heterocycles. The predicted octanol–water partition coefficient (Wildman–Crippen LogP) is 5.06. The molecule has 0 unspecified atom stereocenters. The number of hydrogen-bond donors (Lipinski definition) is 2. The predicted molar refractivity (Wildman–Crippen MR) is 181 cm³/mol. The summed E-state index contributed by atoms with van der Waals surface area (Å²) in [6.07, 6.45) is 2.55. The average Bonchev–Trinajstić information content (AvgIpc) is 3.77. The molecule has 2 aliphatic rings. The average molecular weight is 645 g/mol. The summed E-state index contributed by atoms with van der Waals surface area (Å²) in [5.74, 6) is 0.455. The molecular formula is C35H44N6O6. The topological polar surface area (TPSA) is 142 Å². The van der Waals surface area contributed by atoms with Crippen molar-refractivity contribution in [2.75, 3.05) is 13.6 Å². The summed E-state index contributed by atoms with van der Waals surface area (Å²) < 4.78 is 12.3. The van der Waals surface area contributed by atoms with Crippen LogP contribution in [-0.2, 0) is 31.0 Å². The molecular weight excluding hydrogens is 600 g/mol. The van der Waals surface area contributed by atoms with Crippen LogP contribution in [0.4, 0.5) is 4.79 Å². The molecule has 12 nitrogen and oxygen atoms in total. The lowest BCUT2D eigenvalue weighted by molar-refractivity contribution is 0.196. The van der Waals surface area contributed by atoms with Gasteiger partial charge in [-0.2, -0.15) is 0 Å². The normalized spacial score (nSPS) is 12.6. The van der Waals surface area contributed by atoms with Crippen molar-refractivity contribution in [1.82, 2.24) is 24.0 Å². The number of amides is 1. The minimum absolute atomic E-state index is 0.0787. The Hall–Kier alpha value is -5.09. The van der Waals surface area contributed by atoms with E-state index >= 15 is 0 Å². The van der Waals surface area contributed by atoms with E-state index in [0.29, 0.717) is 49.7 Å². The van der Waals surface area contributed by atoms with Crippen molar-refractivity contribution >= 4 is 12.2 Å². The Bertz CT molecular complexity index is 1940. The van der Waals surface area contributed by atoms with E-state index < -0.39 is 6.09 Å². The highest BCUT2D eigenvalue weighted by atomic mass is 16.6. The summed E-state index contributed by atoms with van der Waals surface area (Å²) in [6.45, 7) is 17.0. The van der Waals surface area contributed by atoms with Crippen LogP contribution >= 0.6 is 0 Å². The summed E-state index contributed by atoms with van der Waals surface area (Å²) in [4.78, 5) is 49.2. The minimum atomic E-state index is -0.533. The fourth-order valence-electron chi connectivity index (χ4n) is 6.73. The van der Waals surface area contributed by atoms with Gasteiger partial charge in [-0.15, -0.1) is 0 Å². The molecule has 2 aromatic heterocycles. The maximum Gasteiger partial charge on any atom is 0.413 e. The number of aliphatic imine (C=N–C) groups is 1. The van der Waals surface area contributed by atoms with E-state index in [1.165, 1.54) is 18.7 Å². The number of fused-ring (bicyclic) bond motifs is 2. The molecule has 4 aromatic rings. The zero-order chi connectivity index (χ0) is 34.6. The van der Waals surface area contributed by atoms with Crippen molar-refractivity contribution in [2.24, 2.45) is 4.99 Å². The molecule has 0 saturated heterocycles. The Morgan fingerprint density at radius 3 is 1.62 bits per heavy atom. The molecule has 0 atom stereocenters. The lowest BCUT2D eigenvalue weighted by atomic mass is 9.95. The molecule has 6 rings (SSSR count). The monoisotopic (exact) mass is 644 g/mol. The standard InChI is InChI=1S/C18H23N3O3.C15H18N2O2.C2H3NO/c1-5-19-18(23)24-17-15(16(22)20-7-6-8-21(17)20)14-12(3)9-11(2)10-13(14)4;1-9-7-10(2)12(11(3)8-9)13-14(18)16-5-4-6-17(16)15(13)19;1-3-2-4/h9-10H,5-8H2,1-4H3,(H,19,23);7-8,18H,4-6H2,1-3H3;1H3. The number of aromatic nitrogens is 4. The number of hydrogen-bond acceptors (Lipinski definition) is 7. The number of isocyanates is 1. The molecule has 1 amide bonds. The Kier molecular flexibility index (Phi) is 10.8. The third-order valence-electron chi connectivity index (χ3n) is 8.33. The highest BCUT2D eigenvalue weighted by molar-refractivity contribution is 5.79. The summed E-state index contributed by atoms with van der Waals surface area (Å²) in [6, 6.07) is 8.19. The fraction of sp³-hybridized carbons (Fsp3) is 0.429. The Morgan fingerprint density at radius 1 is 0.766 bits per heavy atom. The first-order chi connectivity index (χ1) is 22.4. The highest BCUT2D eigenvalue weighted by Gasteiger charge is 2.29. The molecule has 0 radical (unpaired) electrons. The van der Waals surface area contributed by atoms with Crippen LogP contribution in [0, 0.1) is 41.5 Å². The van der Waals surface area contributed by atoms with Gasteiger partial charge >= 0.3 is 6.09 Å². The maximum absolute atomic E-state index is 12.9. The molecule has 2 N–H and O–H groups in total. The number of rotatable bonds is 4. The van der Waals surface area contributed by atoms with Gasteiger partial charge in [0, 0.05) is 39.8 Å². The van der Waals surface area contributed by atoms with Gasteiger partial charge in [-0.05, 0) is 94.7 Å². The van der Waals surface area contributed by atoms with Gasteiger partial charge in [0.05, 0.1) is 0 Å². The number of nitrogens with zero attached hydrogens (tertiary/aromatic N) is 5. The number of benzene rings is 2. The quantitative estimate of drug-likeness (QED) is 0.235. The summed E-state index contributed by atoms with van der Waals surface area (Å²) in [5.41, 5.74) is 8.91. The maximum atomic E-state index is 12.9. The van der Waals surface area contributed by atoms with Crippen molar-refractivity contribution in [1.29, 1.82) is 0 Å². The zero-order valence-electron chi connectivity index (χ0n) is 28.5. The van der Waals surface area contributed by atoms with Crippen LogP contribution in [0.3, 0.4) is 0 Å². The van der Waals surface area contributed by atoms with Crippen molar-refractivity contribution in [3.8, 4) is 34.0 Å². The van der Waals surface area contributed by atoms with Gasteiger partial charge in [0.25, 0.3) is 11.1 Å². The Morgan fingerprint density at radius 2 is 1.17 bits per heavy atom. The van der Waals surface area contributed by atoms with E-state index in [0.717, 1.165) is 51.8 Å². The van der Waals surface area contributed by atoms with E-state index in [4.69, 9.17) is 9.53 Å². The van der Waals surface area contributed by atoms with Crippen LogP contribution < -0.4 is 21.2 Å². The molecule has 0 aliphatic carbocycles. The van der Waals surface area contributed by atoms with Crippen LogP contribution in [0.25, 0.3) is 22.3 Å². The van der Waals surface area contributed by atoms with Crippen LogP contribution in [-0.4, -0.2) is 49.6 Å². The van der Waals surface area contributed by atoms with Crippen LogP contribution in [0.5, 0.6) is 11.8 Å². The Balaban J connectivity index is 0.000000195. The molecule has 2 aromatic carbocycles. The lowest BCUT2D eigenvalue weighted by Crippen LogP contribution is -2.27. The Labute approximate surface area is 273 Å². The van der Waals surface area contributed by atoms with Crippen molar-refractivity contribution < 1.29 is 19.4 Å². The van der Waals surface area contributed by atoms with E-state index in [1.54, 1.807) is 18.7 Å². The summed E-state index contributed by atoms with van der Waals surface area (Å²) >= 11 is 0. The highest BCUT2D eigenvalue weighted by Crippen LogP contribution is 2.36. The van der Waals surface area contributed by atoms with Gasteiger partial charge in [0.2, 0.25) is 17.8 Å². The van der Waals surface area contributed by atoms with Crippen LogP contribution in [0.2, 0.25) is 0 Å². The molecule has 0 bridgehead atoms. The first kappa shape index (κ1) is 34.8. The summed E-state index contributed by atoms with van der Waals surface area (Å²) in [5, 5.41) is 13.0. The molecule has 47 heavy (non-hydrogen) atoms. The number of nitrogens with one attached hydrogen (secondary N) is 1. The van der Waals surface area contributed by atoms with Crippen LogP contribution in [0.15, 0.2) is 38.8 Å². The van der Waals surface area contributed by atoms with E-state index in [9.17, 15) is 19.5 Å². The molecule has 0 saturated carbocycles. The second kappa shape index (κ2) is 14.6. The van der Waals surface area contributed by atoms with Gasteiger partial charge < -0.3 is 15.2 Å². The number of ether oxygens (including phenoxy) is 1. The number of aromatic hydroxyl groups is 1. The van der Waals surface area contributed by atoms with Crippen LogP contribution in [0.1, 0.15) is 53.1 Å².